The summed E-state index contributed by atoms with van der Waals surface area (Å²) in [5.74, 6) is 0. The van der Waals surface area contributed by atoms with Crippen LogP contribution in [-0.2, 0) is 6.42 Å². The maximum absolute atomic E-state index is 10.8. The summed E-state index contributed by atoms with van der Waals surface area (Å²) < 4.78 is 0.988. The molecule has 1 N–H and O–H groups in total. The topological polar surface area (TPSA) is 36.4 Å². The Morgan fingerprint density at radius 1 is 1.44 bits per heavy atom. The quantitative estimate of drug-likeness (QED) is 0.911. The molecule has 0 radical (unpaired) electrons. The van der Waals surface area contributed by atoms with Crippen molar-refractivity contribution in [2.24, 2.45) is 0 Å². The van der Waals surface area contributed by atoms with Crippen molar-refractivity contribution in [3.63, 3.8) is 0 Å². The van der Waals surface area contributed by atoms with Crippen LogP contribution in [0.4, 0.5) is 0 Å². The highest BCUT2D eigenvalue weighted by Gasteiger charge is 2.40. The van der Waals surface area contributed by atoms with Crippen LogP contribution in [0.5, 0.6) is 0 Å². The van der Waals surface area contributed by atoms with E-state index in [0.29, 0.717) is 6.04 Å². The molecule has 3 nitrogen and oxygen atoms in total. The van der Waals surface area contributed by atoms with E-state index < -0.39 is 5.60 Å². The van der Waals surface area contributed by atoms with Crippen LogP contribution >= 0.6 is 15.9 Å². The van der Waals surface area contributed by atoms with E-state index in [0.717, 1.165) is 35.8 Å². The lowest BCUT2D eigenvalue weighted by Crippen LogP contribution is -2.48. The van der Waals surface area contributed by atoms with E-state index >= 15 is 0 Å². The molecule has 1 aromatic rings. The number of nitrogens with zero attached hydrogens (tertiary/aromatic N) is 2. The first-order chi connectivity index (χ1) is 8.65. The first-order valence-corrected chi connectivity index (χ1v) is 7.50. The highest BCUT2D eigenvalue weighted by molar-refractivity contribution is 9.10. The molecule has 18 heavy (non-hydrogen) atoms. The summed E-state index contributed by atoms with van der Waals surface area (Å²) >= 11 is 3.44. The van der Waals surface area contributed by atoms with Crippen molar-refractivity contribution in [3.8, 4) is 0 Å². The number of pyridine rings is 1. The van der Waals surface area contributed by atoms with Gasteiger partial charge < -0.3 is 10.0 Å². The second-order valence-corrected chi connectivity index (χ2v) is 6.61. The zero-order chi connectivity index (χ0) is 12.6. The van der Waals surface area contributed by atoms with Gasteiger partial charge in [0.05, 0.1) is 5.60 Å². The zero-order valence-electron chi connectivity index (χ0n) is 10.5. The van der Waals surface area contributed by atoms with E-state index in [2.05, 4.69) is 31.9 Å². The summed E-state index contributed by atoms with van der Waals surface area (Å²) in [5.41, 5.74) is 0.590. The Labute approximate surface area is 116 Å². The number of hydrogen-bond donors (Lipinski definition) is 1. The summed E-state index contributed by atoms with van der Waals surface area (Å²) in [7, 11) is 0. The lowest BCUT2D eigenvalue weighted by Gasteiger charge is -2.41. The van der Waals surface area contributed by atoms with Crippen LogP contribution in [0, 0.1) is 0 Å². The highest BCUT2D eigenvalue weighted by Crippen LogP contribution is 2.35. The Balaban J connectivity index is 1.71. The van der Waals surface area contributed by atoms with Gasteiger partial charge in [0.25, 0.3) is 0 Å². The fraction of sp³-hybridized carbons (Fsp3) is 0.643. The smallest absolute Gasteiger partial charge is 0.0715 e. The Bertz CT molecular complexity index is 440. The maximum atomic E-state index is 10.8. The molecule has 2 aliphatic rings. The summed E-state index contributed by atoms with van der Waals surface area (Å²) in [6, 6.07) is 2.66. The lowest BCUT2D eigenvalue weighted by atomic mass is 9.82. The third-order valence-electron chi connectivity index (χ3n) is 4.27. The van der Waals surface area contributed by atoms with Gasteiger partial charge in [-0.3, -0.25) is 4.98 Å². The Kier molecular flexibility index (Phi) is 3.43. The predicted octanol–water partition coefficient (Wildman–Crippen LogP) is 2.38. The molecule has 1 aromatic heterocycles. The third-order valence-corrected chi connectivity index (χ3v) is 4.71. The number of piperidine rings is 1. The van der Waals surface area contributed by atoms with Crippen molar-refractivity contribution in [1.29, 1.82) is 0 Å². The van der Waals surface area contributed by atoms with Gasteiger partial charge in [0, 0.05) is 35.9 Å². The minimum absolute atomic E-state index is 0.534. The lowest BCUT2D eigenvalue weighted by molar-refractivity contribution is -0.0354. The van der Waals surface area contributed by atoms with Gasteiger partial charge in [0.15, 0.2) is 0 Å². The van der Waals surface area contributed by atoms with E-state index in [-0.39, 0.29) is 0 Å². The van der Waals surface area contributed by atoms with Gasteiger partial charge in [0.2, 0.25) is 0 Å². The van der Waals surface area contributed by atoms with Crippen molar-refractivity contribution in [2.75, 3.05) is 13.1 Å². The van der Waals surface area contributed by atoms with Crippen LogP contribution in [0.15, 0.2) is 22.9 Å². The monoisotopic (exact) mass is 310 g/mol. The molecule has 0 saturated carbocycles. The van der Waals surface area contributed by atoms with Crippen LogP contribution in [0.25, 0.3) is 0 Å². The first kappa shape index (κ1) is 12.6. The van der Waals surface area contributed by atoms with Crippen molar-refractivity contribution in [1.82, 2.24) is 9.88 Å². The van der Waals surface area contributed by atoms with Gasteiger partial charge in [-0.2, -0.15) is 0 Å². The van der Waals surface area contributed by atoms with Gasteiger partial charge in [-0.15, -0.1) is 0 Å². The normalized spacial score (nSPS) is 32.4. The molecule has 3 heterocycles. The zero-order valence-corrected chi connectivity index (χ0v) is 12.1. The van der Waals surface area contributed by atoms with Crippen LogP contribution in [0.3, 0.4) is 0 Å². The molecular weight excluding hydrogens is 292 g/mol. The van der Waals surface area contributed by atoms with Crippen LogP contribution in [-0.4, -0.2) is 39.7 Å². The van der Waals surface area contributed by atoms with Crippen molar-refractivity contribution in [3.05, 3.63) is 28.5 Å². The first-order valence-electron chi connectivity index (χ1n) is 6.71. The Morgan fingerprint density at radius 3 is 3.17 bits per heavy atom. The number of fused-ring (bicyclic) bond motifs is 1. The van der Waals surface area contributed by atoms with E-state index in [1.165, 1.54) is 19.4 Å². The summed E-state index contributed by atoms with van der Waals surface area (Å²) in [5, 5.41) is 10.8. The van der Waals surface area contributed by atoms with Crippen LogP contribution in [0.2, 0.25) is 0 Å². The van der Waals surface area contributed by atoms with Gasteiger partial charge in [-0.25, -0.2) is 0 Å². The number of aromatic nitrogens is 1. The molecule has 2 fully saturated rings. The average molecular weight is 311 g/mol. The summed E-state index contributed by atoms with van der Waals surface area (Å²) in [6.07, 6.45) is 8.72. The predicted molar refractivity (Wildman–Crippen MR) is 74.4 cm³/mol. The summed E-state index contributed by atoms with van der Waals surface area (Å²) in [6.45, 7) is 2.27. The van der Waals surface area contributed by atoms with Crippen molar-refractivity contribution in [2.45, 2.75) is 43.7 Å². The molecule has 2 atom stereocenters. The minimum atomic E-state index is -0.534. The number of hydrogen-bond acceptors (Lipinski definition) is 3. The maximum Gasteiger partial charge on any atom is 0.0715 e. The van der Waals surface area contributed by atoms with Gasteiger partial charge in [0.1, 0.15) is 0 Å². The van der Waals surface area contributed by atoms with E-state index in [4.69, 9.17) is 0 Å². The molecular formula is C14H19BrN2O. The van der Waals surface area contributed by atoms with E-state index in [1.807, 2.05) is 6.20 Å². The van der Waals surface area contributed by atoms with Crippen LogP contribution in [0.1, 0.15) is 31.2 Å². The second-order valence-electron chi connectivity index (χ2n) is 5.70. The number of rotatable bonds is 2. The van der Waals surface area contributed by atoms with E-state index in [9.17, 15) is 5.11 Å². The molecule has 2 saturated heterocycles. The molecule has 98 valence electrons. The molecule has 4 heteroatoms. The fourth-order valence-electron chi connectivity index (χ4n) is 3.41. The fourth-order valence-corrected chi connectivity index (χ4v) is 3.82. The highest BCUT2D eigenvalue weighted by atomic mass is 79.9. The third kappa shape index (κ3) is 2.60. The molecule has 2 aliphatic heterocycles. The molecule has 0 spiro atoms. The van der Waals surface area contributed by atoms with Crippen LogP contribution < -0.4 is 0 Å². The minimum Gasteiger partial charge on any atom is -0.389 e. The molecule has 0 aromatic carbocycles. The SMILES string of the molecule is OC1(Cc2cncc(Br)c2)CCN2CCCC2C1. The molecule has 2 unspecified atom stereocenters. The largest absolute Gasteiger partial charge is 0.389 e. The van der Waals surface area contributed by atoms with Gasteiger partial charge in [-0.1, -0.05) is 0 Å². The van der Waals surface area contributed by atoms with Gasteiger partial charge in [-0.05, 0) is 59.8 Å². The number of halogens is 1. The number of aliphatic hydroxyl groups is 1. The summed E-state index contributed by atoms with van der Waals surface area (Å²) in [4.78, 5) is 6.71. The molecule has 0 bridgehead atoms. The molecule has 0 amide bonds. The van der Waals surface area contributed by atoms with Crippen molar-refractivity contribution >= 4 is 15.9 Å². The standard InChI is InChI=1S/C14H19BrN2O/c15-12-6-11(9-16-10-12)7-14(18)3-5-17-4-1-2-13(17)8-14/h6,9-10,13,18H,1-5,7-8H2. The van der Waals surface area contributed by atoms with Crippen molar-refractivity contribution < 1.29 is 5.11 Å². The average Bonchev–Trinajstić information content (AvgIpc) is 2.75. The van der Waals surface area contributed by atoms with Gasteiger partial charge >= 0.3 is 0 Å². The second kappa shape index (κ2) is 4.91. The Morgan fingerprint density at radius 2 is 2.33 bits per heavy atom. The Hall–Kier alpha value is -0.450. The van der Waals surface area contributed by atoms with E-state index in [1.54, 1.807) is 6.20 Å². The molecule has 3 rings (SSSR count). The molecule has 0 aliphatic carbocycles.